The Hall–Kier alpha value is -2.76. The van der Waals surface area contributed by atoms with Crippen molar-refractivity contribution >= 4 is 22.8 Å². The zero-order valence-electron chi connectivity index (χ0n) is 18.9. The van der Waals surface area contributed by atoms with E-state index >= 15 is 0 Å². The van der Waals surface area contributed by atoms with Gasteiger partial charge in [-0.1, -0.05) is 24.3 Å². The van der Waals surface area contributed by atoms with E-state index in [2.05, 4.69) is 90.8 Å². The van der Waals surface area contributed by atoms with Crippen LogP contribution >= 0.6 is 11.8 Å². The highest BCUT2D eigenvalue weighted by atomic mass is 32.2. The zero-order valence-corrected chi connectivity index (χ0v) is 19.7. The fraction of sp³-hybridized carbons (Fsp3) is 0.296. The number of aromatic nitrogens is 2. The number of rotatable bonds is 5. The van der Waals surface area contributed by atoms with Gasteiger partial charge in [0.15, 0.2) is 0 Å². The number of nitrogens with zero attached hydrogens (tertiary/aromatic N) is 2. The Bertz CT molecular complexity index is 1220. The Morgan fingerprint density at radius 2 is 1.62 bits per heavy atom. The summed E-state index contributed by atoms with van der Waals surface area (Å²) in [5, 5.41) is 3.38. The van der Waals surface area contributed by atoms with E-state index in [0.29, 0.717) is 6.10 Å². The number of aryl methyl sites for hydroxylation is 2. The maximum atomic E-state index is 6.17. The van der Waals surface area contributed by atoms with Crippen LogP contribution in [0.15, 0.2) is 65.6 Å². The lowest BCUT2D eigenvalue weighted by atomic mass is 10.0. The third kappa shape index (κ3) is 4.15. The number of benzene rings is 3. The van der Waals surface area contributed by atoms with Crippen LogP contribution in [-0.4, -0.2) is 35.0 Å². The van der Waals surface area contributed by atoms with E-state index in [-0.39, 0.29) is 0 Å². The van der Waals surface area contributed by atoms with E-state index < -0.39 is 0 Å². The first-order valence-corrected chi connectivity index (χ1v) is 12.4. The summed E-state index contributed by atoms with van der Waals surface area (Å²) in [7, 11) is 2.10. The van der Waals surface area contributed by atoms with Crippen LogP contribution in [0.5, 0.6) is 5.75 Å². The van der Waals surface area contributed by atoms with Crippen molar-refractivity contribution in [2.45, 2.75) is 30.8 Å². The third-order valence-electron chi connectivity index (χ3n) is 6.30. The highest BCUT2D eigenvalue weighted by molar-refractivity contribution is 7.98. The van der Waals surface area contributed by atoms with Crippen molar-refractivity contribution < 1.29 is 4.74 Å². The maximum Gasteiger partial charge on any atom is 0.140 e. The Kier molecular flexibility index (Phi) is 5.94. The van der Waals surface area contributed by atoms with Gasteiger partial charge < -0.3 is 14.6 Å². The molecule has 4 nitrogen and oxygen atoms in total. The fourth-order valence-corrected chi connectivity index (χ4v) is 4.86. The van der Waals surface area contributed by atoms with E-state index in [1.54, 1.807) is 11.8 Å². The Balaban J connectivity index is 1.45. The number of fused-ring (bicyclic) bond motifs is 1. The van der Waals surface area contributed by atoms with Gasteiger partial charge in [-0.15, -0.1) is 11.8 Å². The Morgan fingerprint density at radius 1 is 0.938 bits per heavy atom. The van der Waals surface area contributed by atoms with E-state index in [1.165, 1.54) is 21.6 Å². The van der Waals surface area contributed by atoms with Crippen LogP contribution in [-0.2, 0) is 7.05 Å². The summed E-state index contributed by atoms with van der Waals surface area (Å²) >= 11 is 1.76. The van der Waals surface area contributed by atoms with Gasteiger partial charge in [-0.05, 0) is 92.2 Å². The molecule has 1 aromatic heterocycles. The van der Waals surface area contributed by atoms with Crippen molar-refractivity contribution in [3.63, 3.8) is 0 Å². The monoisotopic (exact) mass is 443 g/mol. The van der Waals surface area contributed by atoms with Gasteiger partial charge in [-0.3, -0.25) is 0 Å². The van der Waals surface area contributed by atoms with Crippen molar-refractivity contribution in [1.82, 2.24) is 14.9 Å². The van der Waals surface area contributed by atoms with Gasteiger partial charge in [0.05, 0.1) is 11.0 Å². The summed E-state index contributed by atoms with van der Waals surface area (Å²) in [6.07, 6.45) is 4.56. The van der Waals surface area contributed by atoms with Crippen molar-refractivity contribution in [3.8, 4) is 28.3 Å². The van der Waals surface area contributed by atoms with Gasteiger partial charge in [0, 0.05) is 17.5 Å². The molecule has 0 saturated carbocycles. The number of imidazole rings is 1. The third-order valence-corrected chi connectivity index (χ3v) is 7.05. The maximum absolute atomic E-state index is 6.17. The lowest BCUT2D eigenvalue weighted by Gasteiger charge is -2.23. The number of hydrogen-bond acceptors (Lipinski definition) is 4. The summed E-state index contributed by atoms with van der Waals surface area (Å²) in [6.45, 7) is 4.22. The van der Waals surface area contributed by atoms with Crippen LogP contribution in [0, 0.1) is 6.92 Å². The summed E-state index contributed by atoms with van der Waals surface area (Å²) in [5.41, 5.74) is 6.94. The molecule has 0 unspecified atom stereocenters. The second kappa shape index (κ2) is 9.00. The van der Waals surface area contributed by atoms with Gasteiger partial charge in [-0.2, -0.15) is 0 Å². The van der Waals surface area contributed by atoms with Crippen LogP contribution in [0.25, 0.3) is 33.5 Å². The van der Waals surface area contributed by atoms with Gasteiger partial charge in [-0.25, -0.2) is 4.98 Å². The molecule has 0 bridgehead atoms. The first kappa shape index (κ1) is 21.1. The second-order valence-corrected chi connectivity index (χ2v) is 9.36. The Morgan fingerprint density at radius 3 is 2.31 bits per heavy atom. The van der Waals surface area contributed by atoms with Crippen LogP contribution < -0.4 is 10.1 Å². The topological polar surface area (TPSA) is 39.1 Å². The van der Waals surface area contributed by atoms with E-state index in [4.69, 9.17) is 9.72 Å². The fourth-order valence-electron chi connectivity index (χ4n) is 4.45. The highest BCUT2D eigenvalue weighted by Crippen LogP contribution is 2.32. The lowest BCUT2D eigenvalue weighted by molar-refractivity contribution is 0.162. The van der Waals surface area contributed by atoms with Crippen molar-refractivity contribution in [2.75, 3.05) is 19.3 Å². The number of piperidine rings is 1. The molecule has 0 spiro atoms. The molecule has 5 rings (SSSR count). The molecule has 0 amide bonds. The molecule has 4 aromatic rings. The van der Waals surface area contributed by atoms with Crippen LogP contribution in [0.4, 0.5) is 0 Å². The molecule has 1 saturated heterocycles. The highest BCUT2D eigenvalue weighted by Gasteiger charge is 2.16. The quantitative estimate of drug-likeness (QED) is 0.380. The minimum atomic E-state index is 0.318. The standard InChI is InChI=1S/C27H29N3OS/c1-18-16-21(19-4-8-22(9-5-19)31-23-12-14-28-15-13-23)17-25-26(18)29-27(30(25)2)20-6-10-24(32-3)11-7-20/h4-11,16-17,23,28H,12-15H2,1-3H3. The number of thioether (sulfide) groups is 1. The normalized spacial score (nSPS) is 14.7. The largest absolute Gasteiger partial charge is 0.490 e. The number of hydrogen-bond donors (Lipinski definition) is 1. The van der Waals surface area contributed by atoms with Crippen molar-refractivity contribution in [1.29, 1.82) is 0 Å². The van der Waals surface area contributed by atoms with E-state index in [9.17, 15) is 0 Å². The molecule has 1 fully saturated rings. The molecule has 0 radical (unpaired) electrons. The first-order chi connectivity index (χ1) is 15.6. The van der Waals surface area contributed by atoms with E-state index in [0.717, 1.165) is 54.1 Å². The van der Waals surface area contributed by atoms with Crippen LogP contribution in [0.1, 0.15) is 18.4 Å². The molecular formula is C27H29N3OS. The Labute approximate surface area is 194 Å². The molecule has 3 aromatic carbocycles. The molecule has 1 aliphatic rings. The predicted octanol–water partition coefficient (Wildman–Crippen LogP) is 6.07. The molecule has 32 heavy (non-hydrogen) atoms. The number of nitrogens with one attached hydrogen (secondary N) is 1. The average molecular weight is 444 g/mol. The minimum Gasteiger partial charge on any atom is -0.490 e. The second-order valence-electron chi connectivity index (χ2n) is 8.48. The van der Waals surface area contributed by atoms with Gasteiger partial charge in [0.2, 0.25) is 0 Å². The molecule has 5 heteroatoms. The van der Waals surface area contributed by atoms with Crippen molar-refractivity contribution in [3.05, 3.63) is 66.2 Å². The average Bonchev–Trinajstić information content (AvgIpc) is 3.17. The predicted molar refractivity (Wildman–Crippen MR) is 135 cm³/mol. The van der Waals surface area contributed by atoms with Gasteiger partial charge >= 0.3 is 0 Å². The van der Waals surface area contributed by atoms with Crippen LogP contribution in [0.2, 0.25) is 0 Å². The minimum absolute atomic E-state index is 0.318. The summed E-state index contributed by atoms with van der Waals surface area (Å²) in [5.74, 6) is 1.95. The molecule has 164 valence electrons. The molecule has 1 aliphatic heterocycles. The lowest BCUT2D eigenvalue weighted by Crippen LogP contribution is -2.34. The van der Waals surface area contributed by atoms with Crippen molar-refractivity contribution in [2.24, 2.45) is 7.05 Å². The van der Waals surface area contributed by atoms with Gasteiger partial charge in [0.25, 0.3) is 0 Å². The summed E-state index contributed by atoms with van der Waals surface area (Å²) in [4.78, 5) is 6.25. The zero-order chi connectivity index (χ0) is 22.1. The SMILES string of the molecule is CSc1ccc(-c2nc3c(C)cc(-c4ccc(OC5CCNCC5)cc4)cc3n2C)cc1. The molecular weight excluding hydrogens is 414 g/mol. The van der Waals surface area contributed by atoms with E-state index in [1.807, 2.05) is 0 Å². The molecule has 0 atom stereocenters. The molecule has 0 aliphatic carbocycles. The summed E-state index contributed by atoms with van der Waals surface area (Å²) < 4.78 is 8.38. The number of ether oxygens (including phenoxy) is 1. The molecule has 2 heterocycles. The van der Waals surface area contributed by atoms with Gasteiger partial charge in [0.1, 0.15) is 17.7 Å². The smallest absolute Gasteiger partial charge is 0.140 e. The molecule has 1 N–H and O–H groups in total. The summed E-state index contributed by atoms with van der Waals surface area (Å²) in [6, 6.07) is 21.6. The first-order valence-electron chi connectivity index (χ1n) is 11.2. The van der Waals surface area contributed by atoms with Crippen LogP contribution in [0.3, 0.4) is 0 Å².